The fourth-order valence-corrected chi connectivity index (χ4v) is 4.12. The van der Waals surface area contributed by atoms with E-state index in [0.717, 1.165) is 46.0 Å². The van der Waals surface area contributed by atoms with Crippen LogP contribution in [0.2, 0.25) is 0 Å². The highest BCUT2D eigenvalue weighted by Crippen LogP contribution is 2.30. The van der Waals surface area contributed by atoms with E-state index in [0.29, 0.717) is 6.10 Å². The van der Waals surface area contributed by atoms with Gasteiger partial charge in [0, 0.05) is 30.7 Å². The Kier molecular flexibility index (Phi) is 5.47. The molecule has 2 heterocycles. The quantitative estimate of drug-likeness (QED) is 0.777. The number of amides is 1. The topological polar surface area (TPSA) is 76.1 Å². The predicted octanol–water partition coefficient (Wildman–Crippen LogP) is 3.51. The van der Waals surface area contributed by atoms with Crippen LogP contribution in [-0.4, -0.2) is 34.6 Å². The molecular weight excluding hydrogens is 332 g/mol. The molecule has 0 aliphatic carbocycles. The van der Waals surface area contributed by atoms with Gasteiger partial charge in [-0.25, -0.2) is 0 Å². The molecule has 0 saturated carbocycles. The Morgan fingerprint density at radius 2 is 2.30 bits per heavy atom. The summed E-state index contributed by atoms with van der Waals surface area (Å²) in [6.07, 6.45) is 2.63. The van der Waals surface area contributed by atoms with Crippen molar-refractivity contribution in [1.29, 1.82) is 0 Å². The molecule has 0 spiro atoms. The Hall–Kier alpha value is -1.64. The highest BCUT2D eigenvalue weighted by atomic mass is 32.2. The van der Waals surface area contributed by atoms with Crippen LogP contribution in [0.5, 0.6) is 0 Å². The average molecular weight is 350 g/mol. The highest BCUT2D eigenvalue weighted by Gasteiger charge is 2.16. The van der Waals surface area contributed by atoms with Gasteiger partial charge in [-0.1, -0.05) is 29.2 Å². The number of carbonyl (C=O) groups is 1. The van der Waals surface area contributed by atoms with Crippen LogP contribution in [0.1, 0.15) is 19.8 Å². The van der Waals surface area contributed by atoms with Gasteiger partial charge in [-0.3, -0.25) is 4.79 Å². The van der Waals surface area contributed by atoms with Gasteiger partial charge in [-0.15, -0.1) is 10.2 Å². The zero-order valence-electron chi connectivity index (χ0n) is 12.7. The van der Waals surface area contributed by atoms with E-state index in [-0.39, 0.29) is 5.91 Å². The van der Waals surface area contributed by atoms with Crippen LogP contribution < -0.4 is 10.6 Å². The summed E-state index contributed by atoms with van der Waals surface area (Å²) in [4.78, 5) is 11.1. The molecule has 1 aliphatic heterocycles. The summed E-state index contributed by atoms with van der Waals surface area (Å²) >= 11 is 3.20. The first kappa shape index (κ1) is 16.2. The van der Waals surface area contributed by atoms with Gasteiger partial charge in [-0.05, 0) is 31.0 Å². The van der Waals surface area contributed by atoms with Crippen LogP contribution in [0.4, 0.5) is 16.5 Å². The van der Waals surface area contributed by atoms with Crippen molar-refractivity contribution in [3.8, 4) is 0 Å². The van der Waals surface area contributed by atoms with Gasteiger partial charge < -0.3 is 15.4 Å². The van der Waals surface area contributed by atoms with Crippen molar-refractivity contribution in [2.75, 3.05) is 23.0 Å². The molecule has 0 radical (unpaired) electrons. The highest BCUT2D eigenvalue weighted by molar-refractivity contribution is 8.01. The maximum Gasteiger partial charge on any atom is 0.221 e. The van der Waals surface area contributed by atoms with E-state index < -0.39 is 0 Å². The van der Waals surface area contributed by atoms with Crippen molar-refractivity contribution in [3.05, 3.63) is 24.3 Å². The first-order valence-electron chi connectivity index (χ1n) is 7.41. The van der Waals surface area contributed by atoms with Gasteiger partial charge in [0.15, 0.2) is 4.34 Å². The van der Waals surface area contributed by atoms with Crippen LogP contribution in [-0.2, 0) is 9.53 Å². The molecule has 8 heteroatoms. The van der Waals surface area contributed by atoms with E-state index in [1.807, 2.05) is 24.3 Å². The summed E-state index contributed by atoms with van der Waals surface area (Å²) in [6.45, 7) is 2.36. The van der Waals surface area contributed by atoms with E-state index in [1.54, 1.807) is 11.8 Å². The van der Waals surface area contributed by atoms with Gasteiger partial charge in [0.05, 0.1) is 6.10 Å². The Bertz CT molecular complexity index is 671. The first-order valence-corrected chi connectivity index (χ1v) is 9.22. The lowest BCUT2D eigenvalue weighted by atomic mass is 10.3. The lowest BCUT2D eigenvalue weighted by molar-refractivity contribution is -0.114. The third-order valence-corrected chi connectivity index (χ3v) is 5.36. The second-order valence-electron chi connectivity index (χ2n) is 5.21. The smallest absolute Gasteiger partial charge is 0.221 e. The van der Waals surface area contributed by atoms with Gasteiger partial charge in [0.1, 0.15) is 0 Å². The van der Waals surface area contributed by atoms with Gasteiger partial charge >= 0.3 is 0 Å². The Labute approximate surface area is 143 Å². The summed E-state index contributed by atoms with van der Waals surface area (Å²) in [5.74, 6) is 0.831. The minimum atomic E-state index is -0.0918. The number of hydrogen-bond donors (Lipinski definition) is 2. The standard InChI is InChI=1S/C15H18N4O2S2/c1-10(20)16-11-4-2-5-12(8-11)17-14-18-19-15(23-14)22-9-13-6-3-7-21-13/h2,4-5,8,13H,3,6-7,9H2,1H3,(H,16,20)(H,17,18). The van der Waals surface area contributed by atoms with Crippen LogP contribution in [0.3, 0.4) is 0 Å². The molecule has 1 fully saturated rings. The molecule has 1 aromatic heterocycles. The summed E-state index contributed by atoms with van der Waals surface area (Å²) in [7, 11) is 0. The van der Waals surface area contributed by atoms with Crippen molar-refractivity contribution >= 4 is 45.5 Å². The number of anilines is 3. The van der Waals surface area contributed by atoms with Crippen molar-refractivity contribution in [2.45, 2.75) is 30.2 Å². The lowest BCUT2D eigenvalue weighted by Crippen LogP contribution is -2.07. The fourth-order valence-electron chi connectivity index (χ4n) is 2.26. The minimum absolute atomic E-state index is 0.0918. The van der Waals surface area contributed by atoms with E-state index >= 15 is 0 Å². The second-order valence-corrected chi connectivity index (χ2v) is 7.45. The van der Waals surface area contributed by atoms with E-state index in [9.17, 15) is 4.79 Å². The zero-order valence-corrected chi connectivity index (χ0v) is 14.4. The number of ether oxygens (including phenoxy) is 1. The van der Waals surface area contributed by atoms with Crippen LogP contribution in [0, 0.1) is 0 Å². The Balaban J connectivity index is 1.56. The van der Waals surface area contributed by atoms with Crippen LogP contribution in [0.15, 0.2) is 28.6 Å². The number of nitrogens with one attached hydrogen (secondary N) is 2. The summed E-state index contributed by atoms with van der Waals surface area (Å²) < 4.78 is 6.54. The van der Waals surface area contributed by atoms with Crippen molar-refractivity contribution < 1.29 is 9.53 Å². The van der Waals surface area contributed by atoms with Crippen molar-refractivity contribution in [1.82, 2.24) is 10.2 Å². The second kappa shape index (κ2) is 7.76. The number of carbonyl (C=O) groups excluding carboxylic acids is 1. The molecule has 1 aliphatic rings. The summed E-state index contributed by atoms with van der Waals surface area (Å²) in [6, 6.07) is 7.51. The summed E-state index contributed by atoms with van der Waals surface area (Å²) in [5.41, 5.74) is 1.61. The fraction of sp³-hybridized carbons (Fsp3) is 0.400. The number of thioether (sulfide) groups is 1. The molecule has 6 nitrogen and oxygen atoms in total. The van der Waals surface area contributed by atoms with E-state index in [2.05, 4.69) is 20.8 Å². The Morgan fingerprint density at radius 1 is 1.43 bits per heavy atom. The molecule has 1 unspecified atom stereocenters. The molecule has 2 aromatic rings. The molecular formula is C15H18N4O2S2. The molecule has 23 heavy (non-hydrogen) atoms. The monoisotopic (exact) mass is 350 g/mol. The van der Waals surface area contributed by atoms with Gasteiger partial charge in [-0.2, -0.15) is 0 Å². The number of aromatic nitrogens is 2. The molecule has 122 valence electrons. The lowest BCUT2D eigenvalue weighted by Gasteiger charge is -2.06. The minimum Gasteiger partial charge on any atom is -0.377 e. The first-order chi connectivity index (χ1) is 11.2. The van der Waals surface area contributed by atoms with Crippen LogP contribution in [0.25, 0.3) is 0 Å². The normalized spacial score (nSPS) is 17.2. The van der Waals surface area contributed by atoms with E-state index in [1.165, 1.54) is 18.3 Å². The number of benzene rings is 1. The Morgan fingerprint density at radius 3 is 3.09 bits per heavy atom. The molecule has 1 amide bonds. The van der Waals surface area contributed by atoms with Crippen molar-refractivity contribution in [2.24, 2.45) is 0 Å². The van der Waals surface area contributed by atoms with Crippen LogP contribution >= 0.6 is 23.1 Å². The predicted molar refractivity (Wildman–Crippen MR) is 93.6 cm³/mol. The zero-order chi connectivity index (χ0) is 16.1. The number of rotatable bonds is 6. The third-order valence-electron chi connectivity index (χ3n) is 3.26. The molecule has 0 bridgehead atoms. The molecule has 1 aromatic carbocycles. The molecule has 1 atom stereocenters. The largest absolute Gasteiger partial charge is 0.377 e. The number of nitrogens with zero attached hydrogens (tertiary/aromatic N) is 2. The maximum absolute atomic E-state index is 11.1. The van der Waals surface area contributed by atoms with E-state index in [4.69, 9.17) is 4.74 Å². The third kappa shape index (κ3) is 4.92. The molecule has 1 saturated heterocycles. The number of hydrogen-bond acceptors (Lipinski definition) is 7. The molecule has 3 rings (SSSR count). The molecule has 2 N–H and O–H groups in total. The van der Waals surface area contributed by atoms with Gasteiger partial charge in [0.2, 0.25) is 11.0 Å². The average Bonchev–Trinajstić information content (AvgIpc) is 3.16. The van der Waals surface area contributed by atoms with Gasteiger partial charge in [0.25, 0.3) is 0 Å². The SMILES string of the molecule is CC(=O)Nc1cccc(Nc2nnc(SCC3CCCO3)s2)c1. The summed E-state index contributed by atoms with van der Waals surface area (Å²) in [5, 5.41) is 15.1. The maximum atomic E-state index is 11.1. The van der Waals surface area contributed by atoms with Crippen molar-refractivity contribution in [3.63, 3.8) is 0 Å².